The normalized spacial score (nSPS) is 24.1. The fourth-order valence-corrected chi connectivity index (χ4v) is 6.11. The molecule has 2 fully saturated rings. The summed E-state index contributed by atoms with van der Waals surface area (Å²) in [5.41, 5.74) is 5.86. The molecule has 6 rings (SSSR count). The summed E-state index contributed by atoms with van der Waals surface area (Å²) in [7, 11) is 3.62. The summed E-state index contributed by atoms with van der Waals surface area (Å²) in [5.74, 6) is -0.546. The van der Waals surface area contributed by atoms with Crippen LogP contribution in [0.2, 0.25) is 0 Å². The first-order chi connectivity index (χ1) is 16.6. The van der Waals surface area contributed by atoms with Gasteiger partial charge in [0, 0.05) is 30.8 Å². The lowest BCUT2D eigenvalue weighted by Gasteiger charge is -2.32. The maximum atomic E-state index is 13.4. The molecule has 1 spiro atoms. The van der Waals surface area contributed by atoms with Crippen molar-refractivity contribution in [2.45, 2.75) is 37.1 Å². The summed E-state index contributed by atoms with van der Waals surface area (Å²) < 4.78 is 0. The standard InChI is InChI=1S/C27H27BN3O2S/c1-30-24(32)22-10-7-19(20-11-14-34-17-20)15-23(22)27(26(30)33)25(28-27)29-21-8-5-18(6-9-21)16-31-12-3-2-4-13-31/h5-11,14-15,17,25,29H,2-4,12-13,16H2,1H3/t25?,27-/m1/s1. The molecule has 2 amide bonds. The van der Waals surface area contributed by atoms with E-state index in [1.54, 1.807) is 18.4 Å². The maximum absolute atomic E-state index is 13.4. The Morgan fingerprint density at radius 1 is 1.03 bits per heavy atom. The topological polar surface area (TPSA) is 52.7 Å². The van der Waals surface area contributed by atoms with Crippen LogP contribution in [0.25, 0.3) is 11.1 Å². The van der Waals surface area contributed by atoms with E-state index in [9.17, 15) is 9.59 Å². The molecular weight excluding hydrogens is 441 g/mol. The Hall–Kier alpha value is -2.90. The highest BCUT2D eigenvalue weighted by molar-refractivity contribution is 7.08. The molecule has 3 aliphatic rings. The highest BCUT2D eigenvalue weighted by atomic mass is 32.1. The molecule has 0 saturated carbocycles. The summed E-state index contributed by atoms with van der Waals surface area (Å²) >= 11 is 1.64. The minimum Gasteiger partial charge on any atom is -0.390 e. The average molecular weight is 468 g/mol. The number of hydrogen-bond donors (Lipinski definition) is 1. The van der Waals surface area contributed by atoms with Gasteiger partial charge in [0.15, 0.2) is 7.28 Å². The highest BCUT2D eigenvalue weighted by Crippen LogP contribution is 2.48. The van der Waals surface area contributed by atoms with Crippen LogP contribution in [0.1, 0.15) is 40.7 Å². The highest BCUT2D eigenvalue weighted by Gasteiger charge is 2.66. The Morgan fingerprint density at radius 3 is 2.56 bits per heavy atom. The van der Waals surface area contributed by atoms with Crippen molar-refractivity contribution in [2.75, 3.05) is 25.5 Å². The van der Waals surface area contributed by atoms with E-state index in [1.165, 1.54) is 42.8 Å². The first-order valence-electron chi connectivity index (χ1n) is 12.0. The third-order valence-corrected chi connectivity index (χ3v) is 8.14. The first-order valence-corrected chi connectivity index (χ1v) is 12.9. The number of anilines is 1. The van der Waals surface area contributed by atoms with E-state index in [0.29, 0.717) is 5.56 Å². The maximum Gasteiger partial charge on any atom is 0.260 e. The van der Waals surface area contributed by atoms with Gasteiger partial charge in [0.25, 0.3) is 5.91 Å². The Balaban J connectivity index is 1.25. The van der Waals surface area contributed by atoms with Gasteiger partial charge in [-0.3, -0.25) is 19.4 Å². The molecule has 2 saturated heterocycles. The molecule has 4 heterocycles. The van der Waals surface area contributed by atoms with E-state index in [0.717, 1.165) is 28.9 Å². The van der Waals surface area contributed by atoms with Crippen LogP contribution in [0.5, 0.6) is 0 Å². The van der Waals surface area contributed by atoms with Gasteiger partial charge in [-0.1, -0.05) is 24.6 Å². The van der Waals surface area contributed by atoms with E-state index in [-0.39, 0.29) is 17.8 Å². The van der Waals surface area contributed by atoms with Crippen molar-refractivity contribution in [1.29, 1.82) is 0 Å². The quantitative estimate of drug-likeness (QED) is 0.447. The van der Waals surface area contributed by atoms with Gasteiger partial charge in [-0.05, 0) is 89.3 Å². The number of likely N-dealkylation sites (tertiary alicyclic amines) is 1. The summed E-state index contributed by atoms with van der Waals surface area (Å²) in [6.45, 7) is 3.35. The van der Waals surface area contributed by atoms with Gasteiger partial charge in [0.05, 0.1) is 5.31 Å². The van der Waals surface area contributed by atoms with Gasteiger partial charge in [-0.15, -0.1) is 0 Å². The molecule has 3 aliphatic heterocycles. The molecule has 171 valence electrons. The lowest BCUT2D eigenvalue weighted by molar-refractivity contribution is -0.129. The molecule has 0 bridgehead atoms. The lowest BCUT2D eigenvalue weighted by Crippen LogP contribution is -2.48. The summed E-state index contributed by atoms with van der Waals surface area (Å²) in [6.07, 6.45) is 3.93. The Labute approximate surface area is 205 Å². The molecule has 1 N–H and O–H groups in total. The Morgan fingerprint density at radius 2 is 1.82 bits per heavy atom. The van der Waals surface area contributed by atoms with Gasteiger partial charge in [-0.2, -0.15) is 11.3 Å². The number of nitrogens with one attached hydrogen (secondary N) is 1. The van der Waals surface area contributed by atoms with Crippen molar-refractivity contribution >= 4 is 36.1 Å². The smallest absolute Gasteiger partial charge is 0.260 e. The van der Waals surface area contributed by atoms with Crippen molar-refractivity contribution in [3.63, 3.8) is 0 Å². The summed E-state index contributed by atoms with van der Waals surface area (Å²) in [6, 6.07) is 16.5. The Bertz CT molecular complexity index is 1240. The van der Waals surface area contributed by atoms with Crippen molar-refractivity contribution in [1.82, 2.24) is 9.80 Å². The van der Waals surface area contributed by atoms with Crippen molar-refractivity contribution < 1.29 is 9.59 Å². The second-order valence-electron chi connectivity index (χ2n) is 9.63. The molecule has 1 unspecified atom stereocenters. The molecule has 5 nitrogen and oxygen atoms in total. The fourth-order valence-electron chi connectivity index (χ4n) is 5.44. The molecule has 0 aliphatic carbocycles. The number of benzene rings is 2. The molecule has 1 aromatic heterocycles. The van der Waals surface area contributed by atoms with Gasteiger partial charge in [0.1, 0.15) is 0 Å². The van der Waals surface area contributed by atoms with Crippen LogP contribution in [0.4, 0.5) is 5.69 Å². The van der Waals surface area contributed by atoms with E-state index in [1.807, 2.05) is 30.9 Å². The second kappa shape index (κ2) is 8.40. The van der Waals surface area contributed by atoms with E-state index in [4.69, 9.17) is 0 Å². The predicted molar refractivity (Wildman–Crippen MR) is 137 cm³/mol. The Kier molecular flexibility index (Phi) is 5.34. The lowest BCUT2D eigenvalue weighted by atomic mass is 9.74. The van der Waals surface area contributed by atoms with Crippen molar-refractivity contribution in [3.8, 4) is 11.1 Å². The van der Waals surface area contributed by atoms with Gasteiger partial charge in [0.2, 0.25) is 5.91 Å². The van der Waals surface area contributed by atoms with Gasteiger partial charge in [-0.25, -0.2) is 0 Å². The third kappa shape index (κ3) is 3.58. The van der Waals surface area contributed by atoms with Crippen LogP contribution in [0.3, 0.4) is 0 Å². The molecule has 34 heavy (non-hydrogen) atoms. The zero-order valence-electron chi connectivity index (χ0n) is 19.3. The molecule has 1 radical (unpaired) electrons. The second-order valence-corrected chi connectivity index (χ2v) is 10.4. The van der Waals surface area contributed by atoms with Crippen molar-refractivity contribution in [2.24, 2.45) is 0 Å². The molecule has 7 heteroatoms. The van der Waals surface area contributed by atoms with Crippen LogP contribution in [0, 0.1) is 0 Å². The van der Waals surface area contributed by atoms with E-state index >= 15 is 0 Å². The van der Waals surface area contributed by atoms with Crippen LogP contribution in [-0.2, 0) is 16.7 Å². The van der Waals surface area contributed by atoms with E-state index in [2.05, 4.69) is 45.9 Å². The largest absolute Gasteiger partial charge is 0.390 e. The number of likely N-dealkylation sites (N-methyl/N-ethyl adjacent to an activating group) is 1. The SMILES string of the molecule is CN1C(=O)c2ccc(-c3ccsc3)cc2[C@]2([B]C2Nc2ccc(CN3CCCCC3)cc2)C1=O. The monoisotopic (exact) mass is 468 g/mol. The first kappa shape index (κ1) is 21.6. The zero-order valence-corrected chi connectivity index (χ0v) is 20.1. The number of carbonyl (C=O) groups is 2. The van der Waals surface area contributed by atoms with Crippen molar-refractivity contribution in [3.05, 3.63) is 76.0 Å². The summed E-state index contributed by atoms with van der Waals surface area (Å²) in [5, 5.41) is 6.86. The van der Waals surface area contributed by atoms with Gasteiger partial charge >= 0.3 is 0 Å². The minimum absolute atomic E-state index is 0.153. The third-order valence-electron chi connectivity index (χ3n) is 7.46. The predicted octanol–water partition coefficient (Wildman–Crippen LogP) is 4.36. The molecule has 2 aromatic carbocycles. The number of nitrogens with zero attached hydrogens (tertiary/aromatic N) is 2. The van der Waals surface area contributed by atoms with Gasteiger partial charge < -0.3 is 5.32 Å². The number of thiophene rings is 1. The molecule has 2 atom stereocenters. The number of carbonyl (C=O) groups excluding carboxylic acids is 2. The number of piperidine rings is 1. The van der Waals surface area contributed by atoms with Crippen LogP contribution in [0.15, 0.2) is 59.3 Å². The number of imide groups is 1. The zero-order chi connectivity index (χ0) is 23.3. The summed E-state index contributed by atoms with van der Waals surface area (Å²) in [4.78, 5) is 30.1. The number of amides is 2. The minimum atomic E-state index is -0.809. The molecule has 3 aromatic rings. The van der Waals surface area contributed by atoms with Crippen LogP contribution >= 0.6 is 11.3 Å². The number of fused-ring (bicyclic) bond motifs is 2. The average Bonchev–Trinajstić information content (AvgIpc) is 3.30. The van der Waals surface area contributed by atoms with E-state index < -0.39 is 5.31 Å². The number of rotatable bonds is 5. The number of hydrogen-bond acceptors (Lipinski definition) is 5. The van der Waals surface area contributed by atoms with Crippen LogP contribution < -0.4 is 5.32 Å². The fraction of sp³-hybridized carbons (Fsp3) is 0.333. The van der Waals surface area contributed by atoms with Crippen LogP contribution in [-0.4, -0.2) is 55.0 Å². The molecular formula is C27H27BN3O2S.